The molecule has 3 rings (SSSR count). The van der Waals surface area contributed by atoms with Gasteiger partial charge in [0.05, 0.1) is 10.0 Å². The van der Waals surface area contributed by atoms with Crippen LogP contribution in [0.2, 0.25) is 10.0 Å². The predicted molar refractivity (Wildman–Crippen MR) is 102 cm³/mol. The fourth-order valence-electron chi connectivity index (χ4n) is 2.91. The molecule has 0 saturated carbocycles. The first-order valence-electron chi connectivity index (χ1n) is 8.76. The number of anilines is 2. The molecule has 1 saturated heterocycles. The third-order valence-electron chi connectivity index (χ3n) is 4.40. The molecule has 1 aromatic heterocycles. The fraction of sp³-hybridized carbons (Fsp3) is 0.444. The molecular weight excluding hydrogens is 416 g/mol. The Hall–Kier alpha value is -1.61. The zero-order valence-electron chi connectivity index (χ0n) is 14.8. The Bertz CT molecular complexity index is 814. The minimum absolute atomic E-state index is 0.000696. The van der Waals surface area contributed by atoms with Crippen molar-refractivity contribution in [2.75, 3.05) is 25.1 Å². The van der Waals surface area contributed by atoms with Gasteiger partial charge < -0.3 is 15.4 Å². The van der Waals surface area contributed by atoms with Gasteiger partial charge in [0.2, 0.25) is 5.95 Å². The summed E-state index contributed by atoms with van der Waals surface area (Å²) < 4.78 is 45.7. The molecule has 0 amide bonds. The Morgan fingerprint density at radius 3 is 2.57 bits per heavy atom. The van der Waals surface area contributed by atoms with Crippen LogP contribution in [0.15, 0.2) is 24.4 Å². The Morgan fingerprint density at radius 1 is 1.14 bits per heavy atom. The highest BCUT2D eigenvalue weighted by Crippen LogP contribution is 2.32. The van der Waals surface area contributed by atoms with E-state index < -0.39 is 11.9 Å². The van der Waals surface area contributed by atoms with E-state index in [1.54, 1.807) is 6.07 Å². The lowest BCUT2D eigenvalue weighted by atomic mass is 10.0. The summed E-state index contributed by atoms with van der Waals surface area (Å²) in [5.74, 6) is 0.235. The number of benzene rings is 1. The summed E-state index contributed by atoms with van der Waals surface area (Å²) in [7, 11) is 0. The molecule has 0 radical (unpaired) electrons. The molecule has 1 aliphatic heterocycles. The summed E-state index contributed by atoms with van der Waals surface area (Å²) in [5.41, 5.74) is -0.531. The Morgan fingerprint density at radius 2 is 1.89 bits per heavy atom. The van der Waals surface area contributed by atoms with E-state index in [-0.39, 0.29) is 23.1 Å². The predicted octanol–water partition coefficient (Wildman–Crippen LogP) is 5.06. The van der Waals surface area contributed by atoms with Crippen LogP contribution < -0.4 is 10.6 Å². The van der Waals surface area contributed by atoms with E-state index in [4.69, 9.17) is 27.9 Å². The number of ether oxygens (including phenoxy) is 1. The van der Waals surface area contributed by atoms with Crippen molar-refractivity contribution in [3.63, 3.8) is 0 Å². The summed E-state index contributed by atoms with van der Waals surface area (Å²) in [6.07, 6.45) is -1.59. The maximum absolute atomic E-state index is 13.5. The standard InChI is InChI=1S/C18H19Cl2F3N4O/c19-14-2-1-13(7-15(14)20)26-17-25-10-12(16(27-17)18(21,22)23)9-24-8-11-3-5-28-6-4-11/h1-2,7,10-11,24H,3-6,8-9H2,(H,25,26,27). The molecule has 5 nitrogen and oxygen atoms in total. The number of hydrogen-bond donors (Lipinski definition) is 2. The van der Waals surface area contributed by atoms with E-state index in [2.05, 4.69) is 20.6 Å². The first-order chi connectivity index (χ1) is 13.3. The zero-order chi connectivity index (χ0) is 20.1. The average molecular weight is 435 g/mol. The van der Waals surface area contributed by atoms with Crippen molar-refractivity contribution in [2.45, 2.75) is 25.6 Å². The highest BCUT2D eigenvalue weighted by molar-refractivity contribution is 6.42. The maximum atomic E-state index is 13.5. The Balaban J connectivity index is 1.71. The molecule has 0 atom stereocenters. The van der Waals surface area contributed by atoms with E-state index >= 15 is 0 Å². The lowest BCUT2D eigenvalue weighted by molar-refractivity contribution is -0.141. The first kappa shape index (κ1) is 21.1. The van der Waals surface area contributed by atoms with E-state index in [1.165, 1.54) is 18.3 Å². The molecule has 1 aromatic carbocycles. The Kier molecular flexibility index (Phi) is 6.98. The number of halogens is 5. The van der Waals surface area contributed by atoms with Gasteiger partial charge in [0, 0.05) is 37.2 Å². The zero-order valence-corrected chi connectivity index (χ0v) is 16.3. The van der Waals surface area contributed by atoms with Gasteiger partial charge in [-0.25, -0.2) is 9.97 Å². The molecule has 28 heavy (non-hydrogen) atoms. The van der Waals surface area contributed by atoms with Gasteiger partial charge in [0.1, 0.15) is 0 Å². The minimum Gasteiger partial charge on any atom is -0.381 e. The van der Waals surface area contributed by atoms with Crippen molar-refractivity contribution < 1.29 is 17.9 Å². The molecule has 0 bridgehead atoms. The molecule has 10 heteroatoms. The van der Waals surface area contributed by atoms with Gasteiger partial charge in [0.25, 0.3) is 0 Å². The van der Waals surface area contributed by atoms with Crippen LogP contribution in [0, 0.1) is 5.92 Å². The molecule has 0 spiro atoms. The highest BCUT2D eigenvalue weighted by atomic mass is 35.5. The number of rotatable bonds is 6. The average Bonchev–Trinajstić information content (AvgIpc) is 2.66. The van der Waals surface area contributed by atoms with Crippen LogP contribution in [0.25, 0.3) is 0 Å². The van der Waals surface area contributed by atoms with Crippen molar-refractivity contribution >= 4 is 34.8 Å². The molecule has 1 aliphatic rings. The van der Waals surface area contributed by atoms with Gasteiger partial charge in [-0.05, 0) is 43.5 Å². The van der Waals surface area contributed by atoms with Gasteiger partial charge in [-0.1, -0.05) is 23.2 Å². The van der Waals surface area contributed by atoms with Crippen LogP contribution in [-0.2, 0) is 17.5 Å². The van der Waals surface area contributed by atoms with Crippen LogP contribution in [-0.4, -0.2) is 29.7 Å². The fourth-order valence-corrected chi connectivity index (χ4v) is 3.20. The number of nitrogens with zero attached hydrogens (tertiary/aromatic N) is 2. The molecule has 1 fully saturated rings. The third kappa shape index (κ3) is 5.70. The van der Waals surface area contributed by atoms with E-state index in [0.717, 1.165) is 12.8 Å². The van der Waals surface area contributed by atoms with Crippen LogP contribution in [0.3, 0.4) is 0 Å². The summed E-state index contributed by atoms with van der Waals surface area (Å²) in [5, 5.41) is 6.42. The molecule has 0 aliphatic carbocycles. The number of nitrogens with one attached hydrogen (secondary N) is 2. The smallest absolute Gasteiger partial charge is 0.381 e. The van der Waals surface area contributed by atoms with Crippen molar-refractivity contribution in [3.05, 3.63) is 45.7 Å². The quantitative estimate of drug-likeness (QED) is 0.664. The lowest BCUT2D eigenvalue weighted by Gasteiger charge is -2.22. The second-order valence-electron chi connectivity index (χ2n) is 6.51. The minimum atomic E-state index is -4.59. The van der Waals surface area contributed by atoms with E-state index in [1.807, 2.05) is 0 Å². The van der Waals surface area contributed by atoms with Gasteiger partial charge >= 0.3 is 6.18 Å². The molecule has 0 unspecified atom stereocenters. The topological polar surface area (TPSA) is 59.1 Å². The first-order valence-corrected chi connectivity index (χ1v) is 9.52. The maximum Gasteiger partial charge on any atom is 0.433 e. The lowest BCUT2D eigenvalue weighted by Crippen LogP contribution is -2.28. The van der Waals surface area contributed by atoms with E-state index in [0.29, 0.717) is 36.4 Å². The van der Waals surface area contributed by atoms with Crippen molar-refractivity contribution in [1.29, 1.82) is 0 Å². The number of aromatic nitrogens is 2. The molecule has 2 N–H and O–H groups in total. The summed E-state index contributed by atoms with van der Waals surface area (Å²) >= 11 is 11.8. The summed E-state index contributed by atoms with van der Waals surface area (Å²) in [6, 6.07) is 4.60. The van der Waals surface area contributed by atoms with Crippen LogP contribution >= 0.6 is 23.2 Å². The molecular formula is C18H19Cl2F3N4O. The van der Waals surface area contributed by atoms with Gasteiger partial charge in [0.15, 0.2) is 5.69 Å². The van der Waals surface area contributed by atoms with Gasteiger partial charge in [-0.2, -0.15) is 13.2 Å². The van der Waals surface area contributed by atoms with Gasteiger partial charge in [-0.3, -0.25) is 0 Å². The normalized spacial score (nSPS) is 15.6. The second-order valence-corrected chi connectivity index (χ2v) is 7.32. The summed E-state index contributed by atoms with van der Waals surface area (Å²) in [6.45, 7) is 2.06. The molecule has 2 heterocycles. The van der Waals surface area contributed by atoms with E-state index in [9.17, 15) is 13.2 Å². The van der Waals surface area contributed by atoms with Crippen LogP contribution in [0.4, 0.5) is 24.8 Å². The highest BCUT2D eigenvalue weighted by Gasteiger charge is 2.36. The second kappa shape index (κ2) is 9.26. The van der Waals surface area contributed by atoms with Crippen LogP contribution in [0.5, 0.6) is 0 Å². The Labute approximate surface area is 170 Å². The van der Waals surface area contributed by atoms with Crippen molar-refractivity contribution in [3.8, 4) is 0 Å². The van der Waals surface area contributed by atoms with Crippen LogP contribution in [0.1, 0.15) is 24.1 Å². The number of hydrogen-bond acceptors (Lipinski definition) is 5. The third-order valence-corrected chi connectivity index (χ3v) is 5.14. The van der Waals surface area contributed by atoms with Gasteiger partial charge in [-0.15, -0.1) is 0 Å². The molecule has 152 valence electrons. The monoisotopic (exact) mass is 434 g/mol. The molecule has 2 aromatic rings. The van der Waals surface area contributed by atoms with Crippen molar-refractivity contribution in [1.82, 2.24) is 15.3 Å². The SMILES string of the molecule is FC(F)(F)c1nc(Nc2ccc(Cl)c(Cl)c2)ncc1CNCC1CCOCC1. The van der Waals surface area contributed by atoms with Crippen molar-refractivity contribution in [2.24, 2.45) is 5.92 Å². The number of alkyl halides is 3. The largest absolute Gasteiger partial charge is 0.433 e. The summed E-state index contributed by atoms with van der Waals surface area (Å²) in [4.78, 5) is 7.68.